The van der Waals surface area contributed by atoms with Gasteiger partial charge in [0.05, 0.1) is 12.2 Å². The number of amides is 1. The number of allylic oxidation sites excluding steroid dienone is 8. The van der Waals surface area contributed by atoms with Crippen molar-refractivity contribution in [2.75, 3.05) is 13.6 Å². The summed E-state index contributed by atoms with van der Waals surface area (Å²) in [5.41, 5.74) is 1.06. The third-order valence-corrected chi connectivity index (χ3v) is 7.84. The van der Waals surface area contributed by atoms with Crippen molar-refractivity contribution >= 4 is 5.91 Å². The van der Waals surface area contributed by atoms with Gasteiger partial charge in [-0.25, -0.2) is 4.39 Å². The molecule has 5 atom stereocenters. The summed E-state index contributed by atoms with van der Waals surface area (Å²) in [5.74, 6) is -1.04. The Labute approximate surface area is 186 Å². The van der Waals surface area contributed by atoms with Crippen molar-refractivity contribution in [1.29, 1.82) is 0 Å². The molecule has 1 amide bonds. The first-order valence-corrected chi connectivity index (χ1v) is 11.2. The fourth-order valence-corrected chi connectivity index (χ4v) is 6.02. The van der Waals surface area contributed by atoms with E-state index in [1.165, 1.54) is 20.7 Å². The van der Waals surface area contributed by atoms with E-state index in [1.807, 2.05) is 6.92 Å². The van der Waals surface area contributed by atoms with E-state index in [0.29, 0.717) is 18.9 Å². The molecule has 5 unspecified atom stereocenters. The number of nitrogens with zero attached hydrogens (tertiary/aromatic N) is 3. The summed E-state index contributed by atoms with van der Waals surface area (Å²) in [4.78, 5) is 26.5. The second kappa shape index (κ2) is 7.29. The molecule has 0 spiro atoms. The molecule has 4 aliphatic rings. The number of likely N-dealkylation sites (N-methyl/N-ethyl adjacent to an activating group) is 1. The first-order valence-electron chi connectivity index (χ1n) is 11.2. The molecule has 1 aromatic heterocycles. The molecule has 6 nitrogen and oxygen atoms in total. The highest BCUT2D eigenvalue weighted by molar-refractivity contribution is 5.95. The van der Waals surface area contributed by atoms with Crippen molar-refractivity contribution in [3.05, 3.63) is 69.5 Å². The molecule has 1 N–H and O–H groups in total. The number of fused-ring (bicyclic) bond motifs is 2. The minimum atomic E-state index is -0.679. The summed E-state index contributed by atoms with van der Waals surface area (Å²) in [6.07, 6.45) is 13.3. The molecule has 0 bridgehead atoms. The lowest BCUT2D eigenvalue weighted by molar-refractivity contribution is 0.0602. The van der Waals surface area contributed by atoms with Crippen LogP contribution in [0.2, 0.25) is 0 Å². The van der Waals surface area contributed by atoms with Gasteiger partial charge >= 0.3 is 0 Å². The van der Waals surface area contributed by atoms with Crippen LogP contribution in [0.25, 0.3) is 0 Å². The van der Waals surface area contributed by atoms with E-state index >= 15 is 4.39 Å². The Hall–Kier alpha value is -2.96. The van der Waals surface area contributed by atoms with Crippen LogP contribution in [0.15, 0.2) is 58.3 Å². The van der Waals surface area contributed by atoms with Gasteiger partial charge in [-0.05, 0) is 42.7 Å². The Bertz CT molecular complexity index is 1180. The SMILES string of the molecule is CC1C=CC2=C(CCC3(C)C(F)=CC=CC3C2C2CN(C)C(=O)c3c(O)c(=O)cnn32)C1. The summed E-state index contributed by atoms with van der Waals surface area (Å²) >= 11 is 0. The fourth-order valence-electron chi connectivity index (χ4n) is 6.02. The van der Waals surface area contributed by atoms with Crippen LogP contribution < -0.4 is 5.43 Å². The second-order valence-electron chi connectivity index (χ2n) is 9.87. The first-order chi connectivity index (χ1) is 15.2. The first kappa shape index (κ1) is 20.9. The Balaban J connectivity index is 1.74. The lowest BCUT2D eigenvalue weighted by Gasteiger charge is -2.45. The number of hydrogen-bond donors (Lipinski definition) is 1. The molecule has 7 heteroatoms. The molecular weight excluding hydrogens is 409 g/mol. The zero-order valence-electron chi connectivity index (χ0n) is 18.6. The van der Waals surface area contributed by atoms with Gasteiger partial charge in [0, 0.05) is 24.9 Å². The monoisotopic (exact) mass is 437 g/mol. The van der Waals surface area contributed by atoms with Crippen molar-refractivity contribution in [3.63, 3.8) is 0 Å². The molecule has 1 aromatic rings. The van der Waals surface area contributed by atoms with Gasteiger partial charge in [0.25, 0.3) is 5.91 Å². The summed E-state index contributed by atoms with van der Waals surface area (Å²) in [7, 11) is 1.66. The molecule has 2 heterocycles. The van der Waals surface area contributed by atoms with E-state index in [1.54, 1.807) is 19.2 Å². The van der Waals surface area contributed by atoms with Crippen molar-refractivity contribution < 1.29 is 14.3 Å². The predicted molar refractivity (Wildman–Crippen MR) is 119 cm³/mol. The zero-order chi connectivity index (χ0) is 22.8. The molecule has 0 saturated heterocycles. The van der Waals surface area contributed by atoms with Gasteiger partial charge in [-0.1, -0.05) is 43.7 Å². The largest absolute Gasteiger partial charge is 0.502 e. The van der Waals surface area contributed by atoms with E-state index in [9.17, 15) is 14.7 Å². The topological polar surface area (TPSA) is 75.4 Å². The van der Waals surface area contributed by atoms with Crippen LogP contribution in [-0.4, -0.2) is 39.3 Å². The zero-order valence-corrected chi connectivity index (χ0v) is 18.6. The minimum absolute atomic E-state index is 0.0895. The molecule has 5 rings (SSSR count). The summed E-state index contributed by atoms with van der Waals surface area (Å²) in [5, 5.41) is 14.8. The van der Waals surface area contributed by atoms with E-state index < -0.39 is 22.5 Å². The van der Waals surface area contributed by atoms with Gasteiger partial charge in [0.1, 0.15) is 5.83 Å². The highest BCUT2D eigenvalue weighted by Crippen LogP contribution is 2.56. The van der Waals surface area contributed by atoms with Gasteiger partial charge in [-0.2, -0.15) is 5.10 Å². The van der Waals surface area contributed by atoms with E-state index in [0.717, 1.165) is 19.0 Å². The smallest absolute Gasteiger partial charge is 0.275 e. The second-order valence-corrected chi connectivity index (χ2v) is 9.87. The lowest BCUT2D eigenvalue weighted by atomic mass is 9.63. The quantitative estimate of drug-likeness (QED) is 0.723. The molecule has 0 saturated carbocycles. The molecule has 32 heavy (non-hydrogen) atoms. The predicted octanol–water partition coefficient (Wildman–Crippen LogP) is 3.92. The molecular formula is C25H28FN3O3. The van der Waals surface area contributed by atoms with Crippen molar-refractivity contribution in [1.82, 2.24) is 14.7 Å². The Kier molecular flexibility index (Phi) is 4.76. The molecule has 0 aromatic carbocycles. The summed E-state index contributed by atoms with van der Waals surface area (Å²) in [6.45, 7) is 4.53. The van der Waals surface area contributed by atoms with Crippen molar-refractivity contribution in [3.8, 4) is 5.75 Å². The average Bonchev–Trinajstić information content (AvgIpc) is 2.88. The van der Waals surface area contributed by atoms with E-state index in [-0.39, 0.29) is 29.4 Å². The maximum Gasteiger partial charge on any atom is 0.275 e. The molecule has 0 radical (unpaired) electrons. The van der Waals surface area contributed by atoms with Crippen molar-refractivity contribution in [2.24, 2.45) is 23.2 Å². The van der Waals surface area contributed by atoms with Crippen molar-refractivity contribution in [2.45, 2.75) is 39.2 Å². The normalized spacial score (nSPS) is 33.9. The minimum Gasteiger partial charge on any atom is -0.502 e. The van der Waals surface area contributed by atoms with E-state index in [4.69, 9.17) is 0 Å². The maximum atomic E-state index is 15.3. The number of aromatic nitrogens is 2. The Morgan fingerprint density at radius 2 is 2.06 bits per heavy atom. The van der Waals surface area contributed by atoms with Crippen LogP contribution in [0, 0.1) is 23.2 Å². The standard InChI is InChI=1S/C25H28FN3O3/c1-14-7-8-16-15(11-14)9-10-25(2)17(5-4-6-20(25)26)21(16)18-13-28(3)24(32)22-23(31)19(30)12-27-29(18)22/h4-8,12,14,17-18,21,31H,9-11,13H2,1-3H3. The maximum absolute atomic E-state index is 15.3. The van der Waals surface area contributed by atoms with E-state index in [2.05, 4.69) is 30.3 Å². The summed E-state index contributed by atoms with van der Waals surface area (Å²) in [6, 6.07) is -0.347. The van der Waals surface area contributed by atoms with Crippen LogP contribution in [0.3, 0.4) is 0 Å². The third kappa shape index (κ3) is 2.93. The highest BCUT2D eigenvalue weighted by Gasteiger charge is 2.50. The third-order valence-electron chi connectivity index (χ3n) is 7.84. The Morgan fingerprint density at radius 3 is 2.84 bits per heavy atom. The van der Waals surface area contributed by atoms with Gasteiger partial charge in [0.15, 0.2) is 11.4 Å². The lowest BCUT2D eigenvalue weighted by Crippen LogP contribution is -2.48. The van der Waals surface area contributed by atoms with Crippen LogP contribution in [0.1, 0.15) is 49.6 Å². The van der Waals surface area contributed by atoms with Gasteiger partial charge in [0.2, 0.25) is 5.43 Å². The number of halogens is 1. The van der Waals surface area contributed by atoms with Crippen LogP contribution in [0.5, 0.6) is 5.75 Å². The molecule has 1 aliphatic heterocycles. The molecule has 168 valence electrons. The molecule has 3 aliphatic carbocycles. The van der Waals surface area contributed by atoms with Crippen LogP contribution in [0.4, 0.5) is 4.39 Å². The number of aromatic hydroxyl groups is 1. The number of carbonyl (C=O) groups excluding carboxylic acids is 1. The van der Waals surface area contributed by atoms with Gasteiger partial charge in [-0.3, -0.25) is 14.3 Å². The number of rotatable bonds is 1. The van der Waals surface area contributed by atoms with Crippen LogP contribution >= 0.6 is 0 Å². The summed E-state index contributed by atoms with van der Waals surface area (Å²) < 4.78 is 16.8. The number of carbonyl (C=O) groups is 1. The Morgan fingerprint density at radius 1 is 1.28 bits per heavy atom. The van der Waals surface area contributed by atoms with Gasteiger partial charge in [-0.15, -0.1) is 0 Å². The molecule has 0 fully saturated rings. The van der Waals surface area contributed by atoms with Gasteiger partial charge < -0.3 is 10.0 Å². The highest BCUT2D eigenvalue weighted by atomic mass is 19.1. The fraction of sp³-hybridized carbons (Fsp3) is 0.480. The number of hydrogen-bond acceptors (Lipinski definition) is 4. The average molecular weight is 438 g/mol. The van der Waals surface area contributed by atoms with Crippen LogP contribution in [-0.2, 0) is 0 Å².